The number of hydrogen-bond donors (Lipinski definition) is 0. The monoisotopic (exact) mass is 297 g/mol. The molecule has 1 aliphatic carbocycles. The summed E-state index contributed by atoms with van der Waals surface area (Å²) in [5, 5.41) is 11.1. The van der Waals surface area contributed by atoms with E-state index < -0.39 is 4.92 Å². The highest BCUT2D eigenvalue weighted by Gasteiger charge is 2.27. The van der Waals surface area contributed by atoms with Crippen molar-refractivity contribution in [3.8, 4) is 5.75 Å². The second-order valence-electron chi connectivity index (χ2n) is 5.70. The number of nitrogens with zero attached hydrogens (tertiary/aromatic N) is 1. The lowest BCUT2D eigenvalue weighted by Gasteiger charge is -2.32. The Morgan fingerprint density at radius 2 is 2.10 bits per heavy atom. The number of nitro benzene ring substituents is 1. The number of nitro groups is 1. The average molecular weight is 298 g/mol. The summed E-state index contributed by atoms with van der Waals surface area (Å²) in [6.07, 6.45) is 3.09. The van der Waals surface area contributed by atoms with E-state index in [9.17, 15) is 10.1 Å². The lowest BCUT2D eigenvalue weighted by molar-refractivity contribution is -0.386. The Bertz CT molecular complexity index is 492. The zero-order valence-corrected chi connectivity index (χ0v) is 12.6. The normalized spacial score (nSPS) is 26.2. The molecule has 1 fully saturated rings. The van der Waals surface area contributed by atoms with Crippen LogP contribution in [0.2, 0.25) is 0 Å². The first-order valence-electron chi connectivity index (χ1n) is 7.01. The van der Waals surface area contributed by atoms with Gasteiger partial charge < -0.3 is 4.74 Å². The van der Waals surface area contributed by atoms with Gasteiger partial charge in [-0.1, -0.05) is 19.9 Å². The summed E-state index contributed by atoms with van der Waals surface area (Å²) < 4.78 is 5.88. The van der Waals surface area contributed by atoms with Gasteiger partial charge in [0.05, 0.1) is 11.0 Å². The molecule has 1 saturated carbocycles. The third-order valence-corrected chi connectivity index (χ3v) is 4.53. The molecule has 1 aromatic carbocycles. The molecule has 0 radical (unpaired) electrons. The first kappa shape index (κ1) is 15.1. The van der Waals surface area contributed by atoms with E-state index in [1.54, 1.807) is 12.1 Å². The Hall–Kier alpha value is -1.29. The van der Waals surface area contributed by atoms with Gasteiger partial charge in [0, 0.05) is 11.9 Å². The fraction of sp³-hybridized carbons (Fsp3) is 0.600. The van der Waals surface area contributed by atoms with E-state index in [-0.39, 0.29) is 17.7 Å². The smallest absolute Gasteiger partial charge is 0.311 e. The van der Waals surface area contributed by atoms with Crippen molar-refractivity contribution in [2.45, 2.75) is 45.1 Å². The largest absolute Gasteiger partial charge is 0.483 e. The zero-order chi connectivity index (χ0) is 14.7. The second-order valence-corrected chi connectivity index (χ2v) is 5.97. The maximum atomic E-state index is 11.1. The van der Waals surface area contributed by atoms with E-state index in [1.807, 2.05) is 0 Å². The molecular formula is C15H20ClNO3. The molecule has 0 aromatic heterocycles. The minimum Gasteiger partial charge on any atom is -0.483 e. The molecule has 0 heterocycles. The lowest BCUT2D eigenvalue weighted by atomic mass is 9.80. The van der Waals surface area contributed by atoms with Gasteiger partial charge in [-0.2, -0.15) is 0 Å². The van der Waals surface area contributed by atoms with Crippen LogP contribution in [0.25, 0.3) is 0 Å². The van der Waals surface area contributed by atoms with Gasteiger partial charge in [-0.05, 0) is 42.7 Å². The SMILES string of the molecule is CC1CCC(Oc2ccc(CCl)cc2[N+](=O)[O-])CC1C. The maximum absolute atomic E-state index is 11.1. The highest BCUT2D eigenvalue weighted by atomic mass is 35.5. The summed E-state index contributed by atoms with van der Waals surface area (Å²) in [6.45, 7) is 4.46. The minimum atomic E-state index is -0.403. The number of alkyl halides is 1. The molecule has 0 aliphatic heterocycles. The predicted molar refractivity (Wildman–Crippen MR) is 79.2 cm³/mol. The van der Waals surface area contributed by atoms with E-state index in [0.29, 0.717) is 17.6 Å². The van der Waals surface area contributed by atoms with Gasteiger partial charge in [-0.15, -0.1) is 11.6 Å². The molecule has 2 rings (SSSR count). The van der Waals surface area contributed by atoms with E-state index in [1.165, 1.54) is 6.07 Å². The molecule has 0 saturated heterocycles. The first-order valence-corrected chi connectivity index (χ1v) is 7.54. The number of ether oxygens (including phenoxy) is 1. The number of rotatable bonds is 4. The van der Waals surface area contributed by atoms with Crippen LogP contribution in [-0.4, -0.2) is 11.0 Å². The molecular weight excluding hydrogens is 278 g/mol. The topological polar surface area (TPSA) is 52.4 Å². The van der Waals surface area contributed by atoms with Crippen molar-refractivity contribution in [1.82, 2.24) is 0 Å². The summed E-state index contributed by atoms with van der Waals surface area (Å²) in [5.74, 6) is 1.91. The maximum Gasteiger partial charge on any atom is 0.311 e. The van der Waals surface area contributed by atoms with Crippen molar-refractivity contribution < 1.29 is 9.66 Å². The molecule has 0 N–H and O–H groups in total. The molecule has 3 unspecified atom stereocenters. The molecule has 3 atom stereocenters. The molecule has 110 valence electrons. The summed E-state index contributed by atoms with van der Waals surface area (Å²) in [5.41, 5.74) is 0.741. The third-order valence-electron chi connectivity index (χ3n) is 4.22. The molecule has 0 spiro atoms. The van der Waals surface area contributed by atoms with Crippen LogP contribution in [0.5, 0.6) is 5.75 Å². The second kappa shape index (κ2) is 6.44. The third kappa shape index (κ3) is 3.42. The number of halogens is 1. The molecule has 1 aromatic rings. The van der Waals surface area contributed by atoms with Crippen molar-refractivity contribution in [2.75, 3.05) is 0 Å². The van der Waals surface area contributed by atoms with Gasteiger partial charge >= 0.3 is 5.69 Å². The van der Waals surface area contributed by atoms with Gasteiger partial charge in [0.1, 0.15) is 0 Å². The first-order chi connectivity index (χ1) is 9.51. The zero-order valence-electron chi connectivity index (χ0n) is 11.8. The fourth-order valence-electron chi connectivity index (χ4n) is 2.67. The van der Waals surface area contributed by atoms with Crippen LogP contribution < -0.4 is 4.74 Å². The van der Waals surface area contributed by atoms with Crippen LogP contribution in [0.15, 0.2) is 18.2 Å². The average Bonchev–Trinajstić information content (AvgIpc) is 2.43. The Kier molecular flexibility index (Phi) is 4.86. The van der Waals surface area contributed by atoms with Crippen LogP contribution in [0.4, 0.5) is 5.69 Å². The molecule has 5 heteroatoms. The Morgan fingerprint density at radius 3 is 2.70 bits per heavy atom. The minimum absolute atomic E-state index is 0.00873. The summed E-state index contributed by atoms with van der Waals surface area (Å²) >= 11 is 5.72. The summed E-state index contributed by atoms with van der Waals surface area (Å²) in [4.78, 5) is 10.7. The molecule has 4 nitrogen and oxygen atoms in total. The molecule has 20 heavy (non-hydrogen) atoms. The van der Waals surface area contributed by atoms with Crippen LogP contribution in [0.3, 0.4) is 0 Å². The van der Waals surface area contributed by atoms with Crippen molar-refractivity contribution >= 4 is 17.3 Å². The highest BCUT2D eigenvalue weighted by molar-refractivity contribution is 6.17. The number of benzene rings is 1. The Labute approximate surface area is 124 Å². The van der Waals surface area contributed by atoms with Gasteiger partial charge in [0.25, 0.3) is 0 Å². The molecule has 0 amide bonds. The van der Waals surface area contributed by atoms with Gasteiger partial charge in [-0.25, -0.2) is 0 Å². The quantitative estimate of drug-likeness (QED) is 0.466. The van der Waals surface area contributed by atoms with E-state index in [4.69, 9.17) is 16.3 Å². The van der Waals surface area contributed by atoms with Crippen LogP contribution in [-0.2, 0) is 5.88 Å². The number of hydrogen-bond acceptors (Lipinski definition) is 3. The van der Waals surface area contributed by atoms with Gasteiger partial charge in [0.2, 0.25) is 0 Å². The van der Waals surface area contributed by atoms with Crippen molar-refractivity contribution in [3.05, 3.63) is 33.9 Å². The van der Waals surface area contributed by atoms with Crippen LogP contribution in [0.1, 0.15) is 38.7 Å². The van der Waals surface area contributed by atoms with E-state index in [0.717, 1.165) is 24.8 Å². The fourth-order valence-corrected chi connectivity index (χ4v) is 2.84. The van der Waals surface area contributed by atoms with E-state index >= 15 is 0 Å². The lowest BCUT2D eigenvalue weighted by Crippen LogP contribution is -2.28. The summed E-state index contributed by atoms with van der Waals surface area (Å²) in [7, 11) is 0. The molecule has 0 bridgehead atoms. The van der Waals surface area contributed by atoms with Crippen molar-refractivity contribution in [3.63, 3.8) is 0 Å². The van der Waals surface area contributed by atoms with Gasteiger partial charge in [-0.3, -0.25) is 10.1 Å². The highest BCUT2D eigenvalue weighted by Crippen LogP contribution is 2.35. The standard InChI is InChI=1S/C15H20ClNO3/c1-10-3-5-13(7-11(10)2)20-15-6-4-12(9-16)8-14(15)17(18)19/h4,6,8,10-11,13H,3,5,7,9H2,1-2H3. The Morgan fingerprint density at radius 1 is 1.35 bits per heavy atom. The Balaban J connectivity index is 2.14. The molecule has 1 aliphatic rings. The van der Waals surface area contributed by atoms with Crippen LogP contribution >= 0.6 is 11.6 Å². The van der Waals surface area contributed by atoms with Crippen molar-refractivity contribution in [1.29, 1.82) is 0 Å². The predicted octanol–water partition coefficient (Wildman–Crippen LogP) is 4.54. The van der Waals surface area contributed by atoms with Gasteiger partial charge in [0.15, 0.2) is 5.75 Å². The van der Waals surface area contributed by atoms with E-state index in [2.05, 4.69) is 13.8 Å². The van der Waals surface area contributed by atoms with Crippen molar-refractivity contribution in [2.24, 2.45) is 11.8 Å². The van der Waals surface area contributed by atoms with Crippen LogP contribution in [0, 0.1) is 22.0 Å². The summed E-state index contributed by atoms with van der Waals surface area (Å²) in [6, 6.07) is 4.94.